The van der Waals surface area contributed by atoms with Crippen LogP contribution in [0.5, 0.6) is 0 Å². The number of rotatable bonds is 4. The van der Waals surface area contributed by atoms with Gasteiger partial charge in [-0.15, -0.1) is 6.58 Å². The van der Waals surface area contributed by atoms with Crippen LogP contribution < -0.4 is 5.32 Å². The highest BCUT2D eigenvalue weighted by Crippen LogP contribution is 2.23. The zero-order valence-electron chi connectivity index (χ0n) is 10.6. The van der Waals surface area contributed by atoms with E-state index in [2.05, 4.69) is 57.9 Å². The van der Waals surface area contributed by atoms with Crippen molar-refractivity contribution < 1.29 is 0 Å². The number of nitrogens with one attached hydrogen (secondary N) is 1. The first-order chi connectivity index (χ1) is 8.61. The molecule has 0 bridgehead atoms. The molecule has 0 spiro atoms. The van der Waals surface area contributed by atoms with Crippen molar-refractivity contribution >= 4 is 21.9 Å². The van der Waals surface area contributed by atoms with Crippen LogP contribution in [0.2, 0.25) is 0 Å². The molecule has 2 aromatic rings. The second-order valence-corrected chi connectivity index (χ2v) is 5.03. The summed E-state index contributed by atoms with van der Waals surface area (Å²) >= 11 is 3.56. The van der Waals surface area contributed by atoms with Gasteiger partial charge in [-0.3, -0.25) is 4.57 Å². The van der Waals surface area contributed by atoms with Gasteiger partial charge in [-0.1, -0.05) is 28.1 Å². The quantitative estimate of drug-likeness (QED) is 0.870. The van der Waals surface area contributed by atoms with Crippen molar-refractivity contribution in [1.82, 2.24) is 9.55 Å². The Morgan fingerprint density at radius 1 is 1.44 bits per heavy atom. The van der Waals surface area contributed by atoms with Gasteiger partial charge in [0.25, 0.3) is 0 Å². The molecule has 18 heavy (non-hydrogen) atoms. The molecule has 0 atom stereocenters. The lowest BCUT2D eigenvalue weighted by molar-refractivity contribution is 1.04. The largest absolute Gasteiger partial charge is 0.352 e. The van der Waals surface area contributed by atoms with Crippen LogP contribution in [0.4, 0.5) is 5.95 Å². The summed E-state index contributed by atoms with van der Waals surface area (Å²) in [6.45, 7) is 8.46. The molecule has 0 amide bonds. The van der Waals surface area contributed by atoms with E-state index in [1.807, 2.05) is 23.8 Å². The lowest BCUT2D eigenvalue weighted by Gasteiger charge is -2.09. The molecule has 0 unspecified atom stereocenters. The van der Waals surface area contributed by atoms with Crippen LogP contribution in [0, 0.1) is 13.8 Å². The van der Waals surface area contributed by atoms with E-state index in [9.17, 15) is 0 Å². The van der Waals surface area contributed by atoms with Crippen molar-refractivity contribution in [1.29, 1.82) is 0 Å². The third-order valence-electron chi connectivity index (χ3n) is 2.66. The lowest BCUT2D eigenvalue weighted by Crippen LogP contribution is -2.05. The number of hydrogen-bond acceptors (Lipinski definition) is 2. The summed E-state index contributed by atoms with van der Waals surface area (Å²) in [4.78, 5) is 4.47. The van der Waals surface area contributed by atoms with Crippen molar-refractivity contribution in [2.45, 2.75) is 13.8 Å². The van der Waals surface area contributed by atoms with E-state index in [1.54, 1.807) is 0 Å². The number of imidazole rings is 1. The van der Waals surface area contributed by atoms with E-state index in [-0.39, 0.29) is 0 Å². The fourth-order valence-electron chi connectivity index (χ4n) is 1.71. The number of aromatic nitrogens is 2. The van der Waals surface area contributed by atoms with Crippen LogP contribution in [-0.4, -0.2) is 16.1 Å². The van der Waals surface area contributed by atoms with Gasteiger partial charge < -0.3 is 5.32 Å². The molecule has 4 heteroatoms. The Kier molecular flexibility index (Phi) is 3.87. The summed E-state index contributed by atoms with van der Waals surface area (Å²) in [6, 6.07) is 6.27. The average Bonchev–Trinajstić information content (AvgIpc) is 2.71. The molecule has 0 saturated heterocycles. The van der Waals surface area contributed by atoms with E-state index in [0.717, 1.165) is 21.8 Å². The van der Waals surface area contributed by atoms with E-state index >= 15 is 0 Å². The highest BCUT2D eigenvalue weighted by Gasteiger charge is 2.07. The normalized spacial score (nSPS) is 10.4. The zero-order chi connectivity index (χ0) is 13.1. The maximum Gasteiger partial charge on any atom is 0.207 e. The highest BCUT2D eigenvalue weighted by atomic mass is 79.9. The second-order valence-electron chi connectivity index (χ2n) is 4.18. The number of anilines is 1. The van der Waals surface area contributed by atoms with Crippen LogP contribution in [0.3, 0.4) is 0 Å². The first-order valence-corrected chi connectivity index (χ1v) is 6.58. The number of nitrogens with zero attached hydrogens (tertiary/aromatic N) is 2. The predicted molar refractivity (Wildman–Crippen MR) is 79.4 cm³/mol. The molecule has 0 aliphatic heterocycles. The Labute approximate surface area is 116 Å². The summed E-state index contributed by atoms with van der Waals surface area (Å²) in [6.07, 6.45) is 3.84. The number of hydrogen-bond donors (Lipinski definition) is 1. The Hall–Kier alpha value is -1.55. The van der Waals surface area contributed by atoms with Crippen LogP contribution in [0.25, 0.3) is 5.69 Å². The molecule has 1 heterocycles. The Morgan fingerprint density at radius 2 is 2.22 bits per heavy atom. The average molecular weight is 306 g/mol. The van der Waals surface area contributed by atoms with Crippen molar-refractivity contribution in [3.8, 4) is 5.69 Å². The van der Waals surface area contributed by atoms with E-state index < -0.39 is 0 Å². The van der Waals surface area contributed by atoms with E-state index in [4.69, 9.17) is 0 Å². The summed E-state index contributed by atoms with van der Waals surface area (Å²) in [7, 11) is 0. The molecular weight excluding hydrogens is 290 g/mol. The Balaban J connectivity index is 2.42. The van der Waals surface area contributed by atoms with Gasteiger partial charge in [0.05, 0.1) is 5.69 Å². The molecule has 1 N–H and O–H groups in total. The van der Waals surface area contributed by atoms with Crippen LogP contribution >= 0.6 is 15.9 Å². The van der Waals surface area contributed by atoms with Crippen LogP contribution in [-0.2, 0) is 0 Å². The summed E-state index contributed by atoms with van der Waals surface area (Å²) in [5.41, 5.74) is 3.29. The summed E-state index contributed by atoms with van der Waals surface area (Å²) < 4.78 is 3.14. The standard InChI is InChI=1S/C14H16BrN3/c1-4-7-16-14-17-11(3)9-18(14)12-6-5-10(2)13(15)8-12/h4-6,8-9H,1,7H2,2-3H3,(H,16,17). The van der Waals surface area contributed by atoms with Crippen molar-refractivity contribution in [3.05, 3.63) is 52.8 Å². The summed E-state index contributed by atoms with van der Waals surface area (Å²) in [5, 5.41) is 3.23. The van der Waals surface area contributed by atoms with Crippen LogP contribution in [0.15, 0.2) is 41.5 Å². The zero-order valence-corrected chi connectivity index (χ0v) is 12.2. The molecule has 1 aromatic heterocycles. The minimum atomic E-state index is 0.698. The van der Waals surface area contributed by atoms with Crippen molar-refractivity contribution in [2.24, 2.45) is 0 Å². The van der Waals surface area contributed by atoms with Crippen molar-refractivity contribution in [2.75, 3.05) is 11.9 Å². The molecule has 0 fully saturated rings. The smallest absolute Gasteiger partial charge is 0.207 e. The number of aryl methyl sites for hydroxylation is 2. The topological polar surface area (TPSA) is 29.9 Å². The first kappa shape index (κ1) is 12.9. The number of halogens is 1. The van der Waals surface area contributed by atoms with Gasteiger partial charge in [-0.05, 0) is 31.5 Å². The highest BCUT2D eigenvalue weighted by molar-refractivity contribution is 9.10. The molecule has 0 radical (unpaired) electrons. The van der Waals surface area contributed by atoms with Gasteiger partial charge in [0, 0.05) is 22.9 Å². The van der Waals surface area contributed by atoms with Crippen LogP contribution in [0.1, 0.15) is 11.3 Å². The summed E-state index contributed by atoms with van der Waals surface area (Å²) in [5.74, 6) is 0.836. The molecular formula is C14H16BrN3. The third kappa shape index (κ3) is 2.64. The molecule has 0 aliphatic rings. The van der Waals surface area contributed by atoms with E-state index in [1.165, 1.54) is 5.56 Å². The van der Waals surface area contributed by atoms with Crippen molar-refractivity contribution in [3.63, 3.8) is 0 Å². The number of benzene rings is 1. The second kappa shape index (κ2) is 5.40. The van der Waals surface area contributed by atoms with Gasteiger partial charge in [-0.2, -0.15) is 0 Å². The van der Waals surface area contributed by atoms with E-state index in [0.29, 0.717) is 6.54 Å². The molecule has 0 aliphatic carbocycles. The molecule has 0 saturated carbocycles. The van der Waals surface area contributed by atoms with Gasteiger partial charge >= 0.3 is 0 Å². The third-order valence-corrected chi connectivity index (χ3v) is 3.52. The molecule has 2 rings (SSSR count). The maximum absolute atomic E-state index is 4.47. The van der Waals surface area contributed by atoms with Gasteiger partial charge in [-0.25, -0.2) is 4.98 Å². The molecule has 3 nitrogen and oxygen atoms in total. The maximum atomic E-state index is 4.47. The first-order valence-electron chi connectivity index (χ1n) is 5.79. The van der Waals surface area contributed by atoms with Gasteiger partial charge in [0.15, 0.2) is 0 Å². The minimum absolute atomic E-state index is 0.698. The fourth-order valence-corrected chi connectivity index (χ4v) is 2.08. The molecule has 94 valence electrons. The molecule has 1 aromatic carbocycles. The van der Waals surface area contributed by atoms with Gasteiger partial charge in [0.2, 0.25) is 5.95 Å². The lowest BCUT2D eigenvalue weighted by atomic mass is 10.2. The minimum Gasteiger partial charge on any atom is -0.352 e. The van der Waals surface area contributed by atoms with Gasteiger partial charge in [0.1, 0.15) is 0 Å². The Morgan fingerprint density at radius 3 is 2.89 bits per heavy atom. The fraction of sp³-hybridized carbons (Fsp3) is 0.214. The predicted octanol–water partition coefficient (Wildman–Crippen LogP) is 3.85. The monoisotopic (exact) mass is 305 g/mol. The SMILES string of the molecule is C=CCNc1nc(C)cn1-c1ccc(C)c(Br)c1. The Bertz CT molecular complexity index is 572.